The zero-order valence-corrected chi connectivity index (χ0v) is 21.4. The van der Waals surface area contributed by atoms with Crippen molar-refractivity contribution in [3.63, 3.8) is 0 Å². The van der Waals surface area contributed by atoms with Crippen molar-refractivity contribution in [1.82, 2.24) is 0 Å². The van der Waals surface area contributed by atoms with E-state index in [-0.39, 0.29) is 13.2 Å². The fourth-order valence-electron chi connectivity index (χ4n) is 3.88. The predicted octanol–water partition coefficient (Wildman–Crippen LogP) is 4.99. The second kappa shape index (κ2) is 19.4. The molecule has 0 aliphatic carbocycles. The maximum Gasteiger partial charge on any atom is 0.340 e. The molecule has 34 heavy (non-hydrogen) atoms. The minimum Gasteiger partial charge on any atom is -0.481 e. The Bertz CT molecular complexity index is 604. The van der Waals surface area contributed by atoms with E-state index in [4.69, 9.17) is 9.47 Å². The molecule has 2 atom stereocenters. The molecule has 0 aromatic heterocycles. The van der Waals surface area contributed by atoms with Crippen LogP contribution >= 0.6 is 0 Å². The Morgan fingerprint density at radius 1 is 0.706 bits per heavy atom. The number of Topliss-reactive ketones (excluding diaryl/α,β-unsaturated/α-hetero) is 1. The third-order valence-corrected chi connectivity index (χ3v) is 5.87. The van der Waals surface area contributed by atoms with Crippen LogP contribution in [0.3, 0.4) is 0 Å². The largest absolute Gasteiger partial charge is 0.481 e. The molecular weight excluding hydrogens is 440 g/mol. The summed E-state index contributed by atoms with van der Waals surface area (Å²) in [6.45, 7) is 5.31. The van der Waals surface area contributed by atoms with Crippen molar-refractivity contribution in [3.05, 3.63) is 0 Å². The molecular formula is C26H46O8. The van der Waals surface area contributed by atoms with E-state index in [1.807, 2.05) is 0 Å². The smallest absolute Gasteiger partial charge is 0.340 e. The van der Waals surface area contributed by atoms with Crippen molar-refractivity contribution in [2.24, 2.45) is 5.92 Å². The summed E-state index contributed by atoms with van der Waals surface area (Å²) < 4.78 is 10.2. The van der Waals surface area contributed by atoms with Crippen molar-refractivity contribution in [2.75, 3.05) is 13.2 Å². The molecule has 0 saturated carbocycles. The number of esters is 2. The Morgan fingerprint density at radius 3 is 1.53 bits per heavy atom. The zero-order chi connectivity index (χ0) is 25.8. The lowest BCUT2D eigenvalue weighted by atomic mass is 9.81. The summed E-state index contributed by atoms with van der Waals surface area (Å²) in [7, 11) is 0. The van der Waals surface area contributed by atoms with Crippen LogP contribution in [-0.4, -0.2) is 52.7 Å². The van der Waals surface area contributed by atoms with E-state index in [2.05, 4.69) is 13.8 Å². The van der Waals surface area contributed by atoms with Crippen LogP contribution in [-0.2, 0) is 28.7 Å². The number of carboxylic acids is 1. The van der Waals surface area contributed by atoms with Crippen LogP contribution in [0.15, 0.2) is 0 Å². The van der Waals surface area contributed by atoms with Gasteiger partial charge < -0.3 is 19.7 Å². The number of ketones is 1. The molecule has 8 heteroatoms. The Hall–Kier alpha value is -1.96. The number of carbonyl (C=O) groups is 4. The van der Waals surface area contributed by atoms with Crippen LogP contribution in [0.2, 0.25) is 0 Å². The lowest BCUT2D eigenvalue weighted by molar-refractivity contribution is -0.186. The van der Waals surface area contributed by atoms with Gasteiger partial charge in [-0.2, -0.15) is 0 Å². The van der Waals surface area contributed by atoms with Crippen molar-refractivity contribution in [2.45, 2.75) is 123 Å². The van der Waals surface area contributed by atoms with E-state index < -0.39 is 41.6 Å². The quantitative estimate of drug-likeness (QED) is 0.124. The summed E-state index contributed by atoms with van der Waals surface area (Å²) in [4.78, 5) is 48.7. The number of aliphatic hydroxyl groups is 1. The van der Waals surface area contributed by atoms with Gasteiger partial charge in [0.05, 0.1) is 19.6 Å². The van der Waals surface area contributed by atoms with E-state index in [1.165, 1.54) is 19.3 Å². The first-order valence-corrected chi connectivity index (χ1v) is 13.0. The molecule has 0 radical (unpaired) electrons. The third kappa shape index (κ3) is 13.7. The highest BCUT2D eigenvalue weighted by molar-refractivity contribution is 6.05. The van der Waals surface area contributed by atoms with Crippen molar-refractivity contribution in [1.29, 1.82) is 0 Å². The maximum atomic E-state index is 12.6. The van der Waals surface area contributed by atoms with Gasteiger partial charge in [-0.1, -0.05) is 90.9 Å². The Morgan fingerprint density at radius 2 is 1.12 bits per heavy atom. The molecule has 0 rings (SSSR count). The number of unbranched alkanes of at least 4 members (excludes halogenated alkanes) is 12. The van der Waals surface area contributed by atoms with Gasteiger partial charge in [0.15, 0.2) is 11.5 Å². The summed E-state index contributed by atoms with van der Waals surface area (Å²) in [6, 6.07) is 0. The normalized spacial score (nSPS) is 13.6. The van der Waals surface area contributed by atoms with Gasteiger partial charge in [0.2, 0.25) is 0 Å². The van der Waals surface area contributed by atoms with E-state index in [1.54, 1.807) is 0 Å². The highest BCUT2D eigenvalue weighted by Gasteiger charge is 2.54. The van der Waals surface area contributed by atoms with E-state index in [0.29, 0.717) is 12.8 Å². The van der Waals surface area contributed by atoms with Crippen LogP contribution in [0.1, 0.15) is 117 Å². The fourth-order valence-corrected chi connectivity index (χ4v) is 3.88. The van der Waals surface area contributed by atoms with Crippen molar-refractivity contribution < 1.29 is 38.9 Å². The average molecular weight is 487 g/mol. The van der Waals surface area contributed by atoms with Gasteiger partial charge in [0.1, 0.15) is 5.78 Å². The minimum absolute atomic E-state index is 0.0207. The predicted molar refractivity (Wildman–Crippen MR) is 129 cm³/mol. The van der Waals surface area contributed by atoms with Crippen LogP contribution < -0.4 is 0 Å². The second-order valence-corrected chi connectivity index (χ2v) is 9.08. The molecule has 2 N–H and O–H groups in total. The summed E-state index contributed by atoms with van der Waals surface area (Å²) in [6.07, 6.45) is 12.9. The highest BCUT2D eigenvalue weighted by atomic mass is 16.6. The Balaban J connectivity index is 4.80. The lowest BCUT2D eigenvalue weighted by Crippen LogP contribution is -2.54. The maximum absolute atomic E-state index is 12.6. The SMILES string of the molecule is CCCCCCCCCCOC(=O)C(O)(CC(=O)O)C(C(C)=O)C(=O)OCCCCCCCC. The summed E-state index contributed by atoms with van der Waals surface area (Å²) in [5.74, 6) is -6.71. The summed E-state index contributed by atoms with van der Waals surface area (Å²) in [5.41, 5.74) is -2.81. The lowest BCUT2D eigenvalue weighted by Gasteiger charge is -2.29. The number of hydrogen-bond acceptors (Lipinski definition) is 7. The molecule has 0 aliphatic rings. The number of aliphatic carboxylic acids is 1. The van der Waals surface area contributed by atoms with Gasteiger partial charge >= 0.3 is 17.9 Å². The van der Waals surface area contributed by atoms with Gasteiger partial charge in [-0.3, -0.25) is 14.4 Å². The van der Waals surface area contributed by atoms with Gasteiger partial charge in [0.25, 0.3) is 0 Å². The molecule has 0 aromatic rings. The zero-order valence-electron chi connectivity index (χ0n) is 21.4. The first-order chi connectivity index (χ1) is 16.2. The molecule has 0 aromatic carbocycles. The van der Waals surface area contributed by atoms with Crippen LogP contribution in [0.4, 0.5) is 0 Å². The first kappa shape index (κ1) is 32.0. The second-order valence-electron chi connectivity index (χ2n) is 9.08. The summed E-state index contributed by atoms with van der Waals surface area (Å²) in [5, 5.41) is 20.1. The molecule has 0 spiro atoms. The van der Waals surface area contributed by atoms with Crippen LogP contribution in [0, 0.1) is 5.92 Å². The first-order valence-electron chi connectivity index (χ1n) is 13.0. The van der Waals surface area contributed by atoms with Crippen LogP contribution in [0.5, 0.6) is 0 Å². The van der Waals surface area contributed by atoms with Crippen molar-refractivity contribution in [3.8, 4) is 0 Å². The Labute approximate surface area is 204 Å². The topological polar surface area (TPSA) is 127 Å². The molecule has 8 nitrogen and oxygen atoms in total. The molecule has 0 heterocycles. The molecule has 0 bridgehead atoms. The van der Waals surface area contributed by atoms with Crippen LogP contribution in [0.25, 0.3) is 0 Å². The number of carbonyl (C=O) groups excluding carboxylic acids is 3. The Kier molecular flexibility index (Phi) is 18.2. The fraction of sp³-hybridized carbons (Fsp3) is 0.846. The van der Waals surface area contributed by atoms with Crippen molar-refractivity contribution >= 4 is 23.7 Å². The molecule has 198 valence electrons. The van der Waals surface area contributed by atoms with E-state index in [0.717, 1.165) is 64.7 Å². The summed E-state index contributed by atoms with van der Waals surface area (Å²) >= 11 is 0. The number of carboxylic acid groups (broad SMARTS) is 1. The average Bonchev–Trinajstić information content (AvgIpc) is 2.76. The molecule has 0 amide bonds. The number of ether oxygens (including phenoxy) is 2. The minimum atomic E-state index is -2.81. The molecule has 0 saturated heterocycles. The number of hydrogen-bond donors (Lipinski definition) is 2. The van der Waals surface area contributed by atoms with Gasteiger partial charge in [-0.15, -0.1) is 0 Å². The van der Waals surface area contributed by atoms with Gasteiger partial charge in [0, 0.05) is 0 Å². The van der Waals surface area contributed by atoms with Gasteiger partial charge in [-0.25, -0.2) is 4.79 Å². The van der Waals surface area contributed by atoms with E-state index in [9.17, 15) is 29.4 Å². The third-order valence-electron chi connectivity index (χ3n) is 5.87. The molecule has 2 unspecified atom stereocenters. The molecule has 0 fully saturated rings. The van der Waals surface area contributed by atoms with Gasteiger partial charge in [-0.05, 0) is 19.8 Å². The molecule has 0 aliphatic heterocycles. The monoisotopic (exact) mass is 486 g/mol. The standard InChI is InChI=1S/C26H46O8/c1-4-6-8-10-12-13-15-17-19-34-25(31)26(32,20-22(28)29)23(21(3)27)24(30)33-18-16-14-11-9-7-5-2/h23,32H,4-20H2,1-3H3,(H,28,29). The number of rotatable bonds is 22. The van der Waals surface area contributed by atoms with E-state index >= 15 is 0 Å². The highest BCUT2D eigenvalue weighted by Crippen LogP contribution is 2.27.